The molecule has 0 spiro atoms. The van der Waals surface area contributed by atoms with Crippen LogP contribution in [0, 0.1) is 22.9 Å². The lowest BCUT2D eigenvalue weighted by Gasteiger charge is -2.13. The Bertz CT molecular complexity index is 1310. The van der Waals surface area contributed by atoms with Crippen molar-refractivity contribution in [2.45, 2.75) is 24.3 Å². The number of rotatable bonds is 5. The Morgan fingerprint density at radius 1 is 1.27 bits per heavy atom. The van der Waals surface area contributed by atoms with Crippen LogP contribution < -0.4 is 5.32 Å². The Kier molecular flexibility index (Phi) is 5.04. The van der Waals surface area contributed by atoms with Crippen LogP contribution in [0.3, 0.4) is 0 Å². The van der Waals surface area contributed by atoms with Crippen molar-refractivity contribution in [2.24, 2.45) is 0 Å². The van der Waals surface area contributed by atoms with Crippen molar-refractivity contribution in [1.29, 1.82) is 0 Å². The van der Waals surface area contributed by atoms with Crippen molar-refractivity contribution in [3.05, 3.63) is 64.2 Å². The molecule has 1 unspecified atom stereocenters. The van der Waals surface area contributed by atoms with Gasteiger partial charge in [-0.2, -0.15) is 8.91 Å². The predicted octanol–water partition coefficient (Wildman–Crippen LogP) is 3.75. The van der Waals surface area contributed by atoms with Gasteiger partial charge in [-0.3, -0.25) is 14.9 Å². The first-order valence-electron chi connectivity index (χ1n) is 8.87. The molecule has 0 radical (unpaired) electrons. The quantitative estimate of drug-likeness (QED) is 0.224. The van der Waals surface area contributed by atoms with Crippen molar-refractivity contribution < 1.29 is 14.1 Å². The third-order valence-electron chi connectivity index (χ3n) is 4.32. The third-order valence-corrected chi connectivity index (χ3v) is 5.36. The van der Waals surface area contributed by atoms with Crippen LogP contribution in [-0.2, 0) is 4.79 Å². The van der Waals surface area contributed by atoms with Crippen LogP contribution in [0.2, 0.25) is 0 Å². The number of carbonyl (C=O) groups is 1. The van der Waals surface area contributed by atoms with E-state index in [2.05, 4.69) is 20.4 Å². The van der Waals surface area contributed by atoms with Crippen LogP contribution in [0.5, 0.6) is 0 Å². The van der Waals surface area contributed by atoms with Crippen LogP contribution in [0.4, 0.5) is 15.8 Å². The fourth-order valence-electron chi connectivity index (χ4n) is 2.90. The second-order valence-electron chi connectivity index (χ2n) is 6.48. The van der Waals surface area contributed by atoms with Crippen LogP contribution >= 0.6 is 11.8 Å². The van der Waals surface area contributed by atoms with E-state index in [1.165, 1.54) is 17.8 Å². The number of benzene rings is 2. The molecule has 1 N–H and O–H groups in total. The first-order valence-corrected chi connectivity index (χ1v) is 9.75. The number of aryl methyl sites for hydroxylation is 1. The van der Waals surface area contributed by atoms with E-state index in [4.69, 9.17) is 0 Å². The number of nitro groups is 1. The van der Waals surface area contributed by atoms with E-state index in [0.717, 1.165) is 23.0 Å². The van der Waals surface area contributed by atoms with Crippen molar-refractivity contribution in [1.82, 2.24) is 19.6 Å². The van der Waals surface area contributed by atoms with Gasteiger partial charge in [0, 0.05) is 17.1 Å². The molecule has 0 bridgehead atoms. The van der Waals surface area contributed by atoms with E-state index in [9.17, 15) is 19.3 Å². The van der Waals surface area contributed by atoms with Crippen molar-refractivity contribution in [3.63, 3.8) is 0 Å². The number of thioether (sulfide) groups is 1. The molecule has 4 rings (SSSR count). The van der Waals surface area contributed by atoms with Gasteiger partial charge < -0.3 is 5.32 Å². The second kappa shape index (κ2) is 7.67. The SMILES string of the molecule is Cc1nc2c3ccccc3nc(SC(C)C(=O)Nc3ccc(F)c([N+](=O)[O-])c3)n2n1. The summed E-state index contributed by atoms with van der Waals surface area (Å²) in [6.07, 6.45) is 0. The minimum Gasteiger partial charge on any atom is -0.325 e. The number of fused-ring (bicyclic) bond motifs is 3. The van der Waals surface area contributed by atoms with Crippen molar-refractivity contribution in [3.8, 4) is 0 Å². The van der Waals surface area contributed by atoms with Gasteiger partial charge in [0.2, 0.25) is 11.7 Å². The Labute approximate surface area is 173 Å². The predicted molar refractivity (Wildman–Crippen MR) is 110 cm³/mol. The molecule has 0 fully saturated rings. The number of aromatic nitrogens is 4. The number of para-hydroxylation sites is 1. The van der Waals surface area contributed by atoms with Crippen molar-refractivity contribution >= 4 is 45.6 Å². The normalized spacial score (nSPS) is 12.2. The number of nitro benzene ring substituents is 1. The van der Waals surface area contributed by atoms with Gasteiger partial charge in [-0.15, -0.1) is 5.10 Å². The van der Waals surface area contributed by atoms with E-state index in [1.807, 2.05) is 24.3 Å². The fourth-order valence-corrected chi connectivity index (χ4v) is 3.76. The maximum Gasteiger partial charge on any atom is 0.306 e. The average Bonchev–Trinajstić information content (AvgIpc) is 3.11. The lowest BCUT2D eigenvalue weighted by Crippen LogP contribution is -2.23. The number of hydrogen-bond acceptors (Lipinski definition) is 7. The molecule has 0 saturated heterocycles. The number of hydrogen-bond donors (Lipinski definition) is 1. The monoisotopic (exact) mass is 426 g/mol. The Balaban J connectivity index is 1.61. The topological polar surface area (TPSA) is 115 Å². The highest BCUT2D eigenvalue weighted by Crippen LogP contribution is 2.28. The van der Waals surface area contributed by atoms with Crippen LogP contribution in [0.15, 0.2) is 47.6 Å². The van der Waals surface area contributed by atoms with Gasteiger partial charge in [-0.1, -0.05) is 23.9 Å². The molecule has 4 aromatic rings. The zero-order valence-corrected chi connectivity index (χ0v) is 16.7. The summed E-state index contributed by atoms with van der Waals surface area (Å²) in [5.41, 5.74) is 0.793. The summed E-state index contributed by atoms with van der Waals surface area (Å²) in [7, 11) is 0. The average molecular weight is 426 g/mol. The van der Waals surface area contributed by atoms with Crippen LogP contribution in [0.25, 0.3) is 16.6 Å². The molecule has 2 heterocycles. The molecule has 0 aliphatic heterocycles. The van der Waals surface area contributed by atoms with Gasteiger partial charge in [0.05, 0.1) is 15.7 Å². The summed E-state index contributed by atoms with van der Waals surface area (Å²) in [6.45, 7) is 3.44. The number of anilines is 1. The van der Waals surface area contributed by atoms with Crippen LogP contribution in [0.1, 0.15) is 12.7 Å². The number of amides is 1. The zero-order valence-electron chi connectivity index (χ0n) is 15.9. The Hall–Kier alpha value is -3.60. The molecule has 11 heteroatoms. The van der Waals surface area contributed by atoms with E-state index in [1.54, 1.807) is 18.4 Å². The van der Waals surface area contributed by atoms with Gasteiger partial charge >= 0.3 is 5.69 Å². The smallest absolute Gasteiger partial charge is 0.306 e. The molecule has 30 heavy (non-hydrogen) atoms. The minimum atomic E-state index is -0.968. The molecule has 0 aliphatic rings. The molecular formula is C19H15FN6O3S. The molecule has 0 aliphatic carbocycles. The van der Waals surface area contributed by atoms with E-state index in [0.29, 0.717) is 16.6 Å². The molecule has 2 aromatic carbocycles. The standard InChI is InChI=1S/C19H15FN6O3S/c1-10(18(27)22-12-7-8-14(20)16(9-12)26(28)29)30-19-23-15-6-4-3-5-13(15)17-21-11(2)24-25(17)19/h3-10H,1-2H3,(H,22,27). The highest BCUT2D eigenvalue weighted by molar-refractivity contribution is 8.00. The largest absolute Gasteiger partial charge is 0.325 e. The van der Waals surface area contributed by atoms with E-state index < -0.39 is 27.6 Å². The van der Waals surface area contributed by atoms with Gasteiger partial charge in [0.25, 0.3) is 0 Å². The fraction of sp³-hybridized carbons (Fsp3) is 0.158. The summed E-state index contributed by atoms with van der Waals surface area (Å²) in [4.78, 5) is 31.7. The lowest BCUT2D eigenvalue weighted by molar-refractivity contribution is -0.387. The maximum absolute atomic E-state index is 13.5. The number of halogens is 1. The van der Waals surface area contributed by atoms with Gasteiger partial charge in [-0.05, 0) is 38.1 Å². The van der Waals surface area contributed by atoms with Crippen molar-refractivity contribution in [2.75, 3.05) is 5.32 Å². The zero-order chi connectivity index (χ0) is 21.4. The molecule has 0 saturated carbocycles. The molecule has 152 valence electrons. The summed E-state index contributed by atoms with van der Waals surface area (Å²) in [5.74, 6) is -0.809. The minimum absolute atomic E-state index is 0.133. The van der Waals surface area contributed by atoms with Gasteiger partial charge in [-0.25, -0.2) is 9.97 Å². The highest BCUT2D eigenvalue weighted by Gasteiger charge is 2.21. The number of carbonyl (C=O) groups excluding carboxylic acids is 1. The summed E-state index contributed by atoms with van der Waals surface area (Å²) in [6, 6.07) is 10.7. The molecule has 1 amide bonds. The molecule has 9 nitrogen and oxygen atoms in total. The second-order valence-corrected chi connectivity index (χ2v) is 7.79. The Morgan fingerprint density at radius 2 is 2.03 bits per heavy atom. The summed E-state index contributed by atoms with van der Waals surface area (Å²) >= 11 is 1.17. The number of nitrogens with one attached hydrogen (secondary N) is 1. The lowest BCUT2D eigenvalue weighted by atomic mass is 10.2. The van der Waals surface area contributed by atoms with E-state index in [-0.39, 0.29) is 5.69 Å². The first kappa shape index (κ1) is 19.7. The van der Waals surface area contributed by atoms with Crippen LogP contribution in [-0.4, -0.2) is 35.7 Å². The molecule has 2 aromatic heterocycles. The van der Waals surface area contributed by atoms with Gasteiger partial charge in [0.15, 0.2) is 10.8 Å². The van der Waals surface area contributed by atoms with Gasteiger partial charge in [0.1, 0.15) is 5.82 Å². The first-order chi connectivity index (χ1) is 14.3. The molecule has 1 atom stereocenters. The summed E-state index contributed by atoms with van der Waals surface area (Å²) < 4.78 is 15.1. The summed E-state index contributed by atoms with van der Waals surface area (Å²) in [5, 5.41) is 18.6. The highest BCUT2D eigenvalue weighted by atomic mass is 32.2. The number of nitrogens with zero attached hydrogens (tertiary/aromatic N) is 5. The maximum atomic E-state index is 13.5. The molecular weight excluding hydrogens is 411 g/mol. The Morgan fingerprint density at radius 3 is 2.80 bits per heavy atom. The third kappa shape index (κ3) is 3.66. The van der Waals surface area contributed by atoms with E-state index >= 15 is 0 Å².